The normalized spacial score (nSPS) is 23.7. The van der Waals surface area contributed by atoms with Crippen molar-refractivity contribution >= 4 is 35.5 Å². The molecule has 0 radical (unpaired) electrons. The molecule has 16 heteroatoms. The number of nitrogens with two attached hydrogens (primary N) is 1. The lowest BCUT2D eigenvalue weighted by Crippen LogP contribution is -2.55. The fourth-order valence-corrected chi connectivity index (χ4v) is 12.6. The van der Waals surface area contributed by atoms with Crippen molar-refractivity contribution in [3.63, 3.8) is 0 Å². The number of aromatic nitrogens is 2. The van der Waals surface area contributed by atoms with E-state index in [1.54, 1.807) is 4.90 Å². The molecule has 0 bridgehead atoms. The smallest absolute Gasteiger partial charge is 0.320 e. The number of piperidine rings is 5. The van der Waals surface area contributed by atoms with Crippen LogP contribution in [0.5, 0.6) is 11.5 Å². The number of primary amides is 1. The maximum atomic E-state index is 13.8. The average Bonchev–Trinajstić information content (AvgIpc) is 3.94. The van der Waals surface area contributed by atoms with Gasteiger partial charge in [-0.15, -0.1) is 0 Å². The number of imide groups is 1. The van der Waals surface area contributed by atoms with Crippen LogP contribution in [-0.4, -0.2) is 141 Å². The van der Waals surface area contributed by atoms with Gasteiger partial charge in [-0.3, -0.25) is 24.5 Å². The first kappa shape index (κ1) is 45.2. The average molecular weight is 937 g/mol. The summed E-state index contributed by atoms with van der Waals surface area (Å²) in [4.78, 5) is 75.3. The maximum Gasteiger partial charge on any atom is 0.320 e. The van der Waals surface area contributed by atoms with Gasteiger partial charge in [0.15, 0.2) is 0 Å². The van der Waals surface area contributed by atoms with E-state index in [2.05, 4.69) is 42.4 Å². The van der Waals surface area contributed by atoms with Crippen LogP contribution in [0.1, 0.15) is 114 Å². The minimum atomic E-state index is -0.598. The Bertz CT molecular complexity index is 2570. The van der Waals surface area contributed by atoms with Crippen LogP contribution >= 0.6 is 0 Å². The van der Waals surface area contributed by atoms with E-state index < -0.39 is 11.9 Å². The molecule has 5 saturated heterocycles. The first-order valence-corrected chi connectivity index (χ1v) is 25.4. The van der Waals surface area contributed by atoms with Gasteiger partial charge in [0.1, 0.15) is 34.6 Å². The second kappa shape index (κ2) is 19.3. The molecule has 5 fully saturated rings. The summed E-state index contributed by atoms with van der Waals surface area (Å²) in [6.07, 6.45) is 9.79. The molecular weight excluding hydrogens is 873 g/mol. The van der Waals surface area contributed by atoms with Crippen molar-refractivity contribution in [2.75, 3.05) is 64.2 Å². The molecule has 1 aromatic heterocycles. The predicted molar refractivity (Wildman–Crippen MR) is 260 cm³/mol. The summed E-state index contributed by atoms with van der Waals surface area (Å²) in [5, 5.41) is 10.9. The molecule has 6 amide bonds. The van der Waals surface area contributed by atoms with E-state index in [1.165, 1.54) is 5.56 Å². The van der Waals surface area contributed by atoms with Crippen LogP contribution in [0.3, 0.4) is 0 Å². The van der Waals surface area contributed by atoms with Crippen LogP contribution in [0.25, 0.3) is 11.3 Å². The quantitative estimate of drug-likeness (QED) is 0.164. The van der Waals surface area contributed by atoms with Gasteiger partial charge in [0.05, 0.1) is 6.04 Å². The van der Waals surface area contributed by atoms with Gasteiger partial charge in [-0.05, 0) is 156 Å². The summed E-state index contributed by atoms with van der Waals surface area (Å²) in [5.74, 6) is 1.78. The molecule has 7 aliphatic rings. The molecule has 16 nitrogen and oxygen atoms in total. The highest BCUT2D eigenvalue weighted by atomic mass is 16.5. The molecule has 4 N–H and O–H groups in total. The molecule has 7 aliphatic heterocycles. The Hall–Kier alpha value is -6.26. The van der Waals surface area contributed by atoms with E-state index in [4.69, 9.17) is 15.6 Å². The number of hydrogen-bond donors (Lipinski definition) is 3. The SMILES string of the molecule is NC(=O)c1c(-c2ccc(Oc3ccccc3)cc2)nn2c1NCCC2C1CCN(C2CCN(C(=O)N3CCC(N4CCC(c5ccc6c(c5)CN(C5CCC(=O)NC5=O)C6=O)CC4)CC3)CC2)CC1. The number of nitrogens with one attached hydrogen (secondary N) is 2. The van der Waals surface area contributed by atoms with Crippen LogP contribution < -0.4 is 21.1 Å². The van der Waals surface area contributed by atoms with E-state index in [1.807, 2.05) is 65.3 Å². The van der Waals surface area contributed by atoms with Crippen molar-refractivity contribution < 1.29 is 28.7 Å². The Kier molecular flexibility index (Phi) is 12.6. The highest BCUT2D eigenvalue weighted by Gasteiger charge is 2.41. The van der Waals surface area contributed by atoms with Crippen LogP contribution in [0.4, 0.5) is 10.6 Å². The van der Waals surface area contributed by atoms with E-state index in [-0.39, 0.29) is 36.2 Å². The lowest BCUT2D eigenvalue weighted by molar-refractivity contribution is -0.136. The van der Waals surface area contributed by atoms with Gasteiger partial charge in [0.25, 0.3) is 11.8 Å². The van der Waals surface area contributed by atoms with Gasteiger partial charge in [0, 0.05) is 68.9 Å². The number of amides is 6. The standard InChI is InChI=1S/C53H64N10O6/c54-49(65)47-48(36-6-9-42(10-7-36)69-41-4-2-1-3-5-41)57-63-44(14-23-55-50(47)63)35-17-26-59(27-18-35)40-21-30-61(31-22-40)53(68)60-28-19-39(20-29-60)58-24-15-34(16-25-58)37-8-11-43-38(32-37)33-62(52(43)67)45-12-13-46(64)56-51(45)66/h1-11,32,34-35,39-40,44-45,55H,12-31,33H2,(H2,54,65)(H,56,64,66). The van der Waals surface area contributed by atoms with Crippen molar-refractivity contribution in [3.05, 3.63) is 95.1 Å². The number of carbonyl (C=O) groups excluding carboxylic acids is 5. The number of carbonyl (C=O) groups is 5. The van der Waals surface area contributed by atoms with Gasteiger partial charge in [0.2, 0.25) is 11.8 Å². The number of nitrogens with zero attached hydrogens (tertiary/aromatic N) is 7. The number of hydrogen-bond acceptors (Lipinski definition) is 10. The summed E-state index contributed by atoms with van der Waals surface area (Å²) < 4.78 is 8.05. The van der Waals surface area contributed by atoms with Crippen LogP contribution in [0, 0.1) is 5.92 Å². The Balaban J connectivity index is 0.623. The molecule has 3 aromatic carbocycles. The number of likely N-dealkylation sites (tertiary alicyclic amines) is 4. The lowest BCUT2D eigenvalue weighted by Gasteiger charge is -2.45. The number of para-hydroxylation sites is 1. The third-order valence-corrected chi connectivity index (χ3v) is 16.5. The third-order valence-electron chi connectivity index (χ3n) is 16.5. The molecule has 2 unspecified atom stereocenters. The second-order valence-electron chi connectivity index (χ2n) is 20.3. The number of ether oxygens (including phenoxy) is 1. The van der Waals surface area contributed by atoms with Crippen molar-refractivity contribution in [2.24, 2.45) is 11.7 Å². The molecule has 362 valence electrons. The summed E-state index contributed by atoms with van der Waals surface area (Å²) in [6.45, 7) is 8.45. The second-order valence-corrected chi connectivity index (χ2v) is 20.3. The van der Waals surface area contributed by atoms with Gasteiger partial charge < -0.3 is 40.3 Å². The van der Waals surface area contributed by atoms with E-state index >= 15 is 0 Å². The van der Waals surface area contributed by atoms with Gasteiger partial charge >= 0.3 is 6.03 Å². The zero-order valence-electron chi connectivity index (χ0n) is 39.4. The van der Waals surface area contributed by atoms with Crippen LogP contribution in [-0.2, 0) is 16.1 Å². The minimum Gasteiger partial charge on any atom is -0.457 e. The monoisotopic (exact) mass is 937 g/mol. The highest BCUT2D eigenvalue weighted by molar-refractivity contribution is 6.05. The van der Waals surface area contributed by atoms with Crippen LogP contribution in [0.15, 0.2) is 72.8 Å². The summed E-state index contributed by atoms with van der Waals surface area (Å²) in [6, 6.07) is 24.3. The molecule has 0 aliphatic carbocycles. The third kappa shape index (κ3) is 9.08. The van der Waals surface area contributed by atoms with Crippen molar-refractivity contribution in [1.29, 1.82) is 0 Å². The molecule has 0 saturated carbocycles. The fraction of sp³-hybridized carbons (Fsp3) is 0.509. The summed E-state index contributed by atoms with van der Waals surface area (Å²) in [7, 11) is 0. The van der Waals surface area contributed by atoms with Gasteiger partial charge in [-0.25, -0.2) is 9.48 Å². The molecule has 2 atom stereocenters. The Labute approximate surface area is 403 Å². The van der Waals surface area contributed by atoms with Crippen molar-refractivity contribution in [1.82, 2.24) is 39.6 Å². The number of benzene rings is 3. The van der Waals surface area contributed by atoms with Crippen LogP contribution in [0.2, 0.25) is 0 Å². The Morgan fingerprint density at radius 1 is 0.696 bits per heavy atom. The molecule has 0 spiro atoms. The maximum absolute atomic E-state index is 13.8. The predicted octanol–water partition coefficient (Wildman–Crippen LogP) is 6.20. The number of anilines is 1. The Morgan fingerprint density at radius 3 is 1.97 bits per heavy atom. The minimum absolute atomic E-state index is 0.126. The van der Waals surface area contributed by atoms with Crippen molar-refractivity contribution in [3.8, 4) is 22.8 Å². The zero-order valence-corrected chi connectivity index (χ0v) is 39.4. The zero-order chi connectivity index (χ0) is 47.2. The largest absolute Gasteiger partial charge is 0.457 e. The summed E-state index contributed by atoms with van der Waals surface area (Å²) >= 11 is 0. The van der Waals surface area contributed by atoms with E-state index in [0.29, 0.717) is 59.5 Å². The van der Waals surface area contributed by atoms with E-state index in [9.17, 15) is 24.0 Å². The van der Waals surface area contributed by atoms with Crippen molar-refractivity contribution in [2.45, 2.75) is 107 Å². The number of urea groups is 1. The topological polar surface area (TPSA) is 179 Å². The molecule has 69 heavy (non-hydrogen) atoms. The lowest BCUT2D eigenvalue weighted by atomic mass is 9.85. The molecule has 8 heterocycles. The summed E-state index contributed by atoms with van der Waals surface area (Å²) in [5.41, 5.74) is 10.8. The molecule has 4 aromatic rings. The fourth-order valence-electron chi connectivity index (χ4n) is 12.6. The first-order valence-electron chi connectivity index (χ1n) is 25.4. The Morgan fingerprint density at radius 2 is 1.33 bits per heavy atom. The number of rotatable bonds is 9. The van der Waals surface area contributed by atoms with Gasteiger partial charge in [-0.1, -0.05) is 30.3 Å². The van der Waals surface area contributed by atoms with E-state index in [0.717, 1.165) is 139 Å². The molecular formula is C53H64N10O6. The van der Waals surface area contributed by atoms with Gasteiger partial charge in [-0.2, -0.15) is 5.10 Å². The highest BCUT2D eigenvalue weighted by Crippen LogP contribution is 2.41. The molecule has 11 rings (SSSR count). The number of fused-ring (bicyclic) bond motifs is 2. The first-order chi connectivity index (χ1) is 33.6.